The fraction of sp³-hybridized carbons (Fsp3) is 0.450. The maximum Gasteiger partial charge on any atom is 0.253 e. The second-order valence-corrected chi connectivity index (χ2v) is 7.11. The van der Waals surface area contributed by atoms with E-state index in [1.807, 2.05) is 35.2 Å². The van der Waals surface area contributed by atoms with Crippen molar-refractivity contribution in [1.82, 2.24) is 15.2 Å². The molecule has 0 bridgehead atoms. The number of nitrogens with one attached hydrogen (secondary N) is 1. The van der Waals surface area contributed by atoms with Crippen molar-refractivity contribution < 1.29 is 9.59 Å². The molecule has 0 atom stereocenters. The van der Waals surface area contributed by atoms with Gasteiger partial charge in [0.05, 0.1) is 11.1 Å². The minimum absolute atomic E-state index is 0.0868. The first kappa shape index (κ1) is 17.4. The maximum absolute atomic E-state index is 12.7. The summed E-state index contributed by atoms with van der Waals surface area (Å²) < 4.78 is 0. The lowest BCUT2D eigenvalue weighted by molar-refractivity contribution is -0.133. The van der Waals surface area contributed by atoms with Crippen LogP contribution in [0.25, 0.3) is 10.9 Å². The van der Waals surface area contributed by atoms with E-state index in [-0.39, 0.29) is 17.9 Å². The van der Waals surface area contributed by atoms with Gasteiger partial charge in [0, 0.05) is 37.1 Å². The summed E-state index contributed by atoms with van der Waals surface area (Å²) in [6.07, 6.45) is 3.90. The highest BCUT2D eigenvalue weighted by atomic mass is 16.2. The Morgan fingerprint density at radius 2 is 1.92 bits per heavy atom. The number of hydrogen-bond donors (Lipinski definition) is 1. The minimum Gasteiger partial charge on any atom is -0.349 e. The van der Waals surface area contributed by atoms with Gasteiger partial charge in [-0.2, -0.15) is 0 Å². The molecule has 1 aromatic heterocycles. The zero-order chi connectivity index (χ0) is 17.8. The highest BCUT2D eigenvalue weighted by Crippen LogP contribution is 2.18. The summed E-state index contributed by atoms with van der Waals surface area (Å²) in [5, 5.41) is 4.07. The first-order valence-electron chi connectivity index (χ1n) is 8.97. The second-order valence-electron chi connectivity index (χ2n) is 7.11. The Bertz CT molecular complexity index is 759. The topological polar surface area (TPSA) is 62.3 Å². The first-order chi connectivity index (χ1) is 12.0. The van der Waals surface area contributed by atoms with Crippen LogP contribution < -0.4 is 5.32 Å². The van der Waals surface area contributed by atoms with Crippen LogP contribution >= 0.6 is 0 Å². The Morgan fingerprint density at radius 1 is 1.20 bits per heavy atom. The summed E-state index contributed by atoms with van der Waals surface area (Å²) in [6, 6.07) is 9.58. The number of piperidine rings is 1. The molecule has 3 rings (SSSR count). The van der Waals surface area contributed by atoms with Crippen molar-refractivity contribution in [1.29, 1.82) is 0 Å². The van der Waals surface area contributed by atoms with Gasteiger partial charge < -0.3 is 10.2 Å². The van der Waals surface area contributed by atoms with Gasteiger partial charge in [0.25, 0.3) is 5.91 Å². The van der Waals surface area contributed by atoms with Crippen molar-refractivity contribution in [2.75, 3.05) is 13.1 Å². The number of nitrogens with zero attached hydrogens (tertiary/aromatic N) is 2. The average molecular weight is 339 g/mol. The predicted octanol–water partition coefficient (Wildman–Crippen LogP) is 3.00. The molecule has 5 heteroatoms. The van der Waals surface area contributed by atoms with Crippen LogP contribution in [0, 0.1) is 5.92 Å². The summed E-state index contributed by atoms with van der Waals surface area (Å²) in [7, 11) is 0. The smallest absolute Gasteiger partial charge is 0.253 e. The van der Waals surface area contributed by atoms with Crippen molar-refractivity contribution in [3.05, 3.63) is 42.1 Å². The summed E-state index contributed by atoms with van der Waals surface area (Å²) in [4.78, 5) is 31.1. The van der Waals surface area contributed by atoms with Gasteiger partial charge in [0.15, 0.2) is 0 Å². The number of rotatable bonds is 4. The van der Waals surface area contributed by atoms with E-state index in [0.717, 1.165) is 23.7 Å². The third-order valence-electron chi connectivity index (χ3n) is 4.64. The van der Waals surface area contributed by atoms with E-state index in [0.29, 0.717) is 31.0 Å². The molecule has 2 heterocycles. The fourth-order valence-electron chi connectivity index (χ4n) is 3.30. The molecule has 1 aliphatic rings. The molecule has 132 valence electrons. The zero-order valence-electron chi connectivity index (χ0n) is 14.9. The second kappa shape index (κ2) is 7.64. The highest BCUT2D eigenvalue weighted by Gasteiger charge is 2.24. The molecular weight excluding hydrogens is 314 g/mol. The fourth-order valence-corrected chi connectivity index (χ4v) is 3.30. The molecule has 0 aliphatic carbocycles. The Hall–Kier alpha value is -2.43. The number of likely N-dealkylation sites (tertiary alicyclic amines) is 1. The van der Waals surface area contributed by atoms with Crippen LogP contribution in [-0.4, -0.2) is 40.8 Å². The molecule has 1 aromatic carbocycles. The quantitative estimate of drug-likeness (QED) is 0.931. The van der Waals surface area contributed by atoms with Crippen LogP contribution in [0.5, 0.6) is 0 Å². The van der Waals surface area contributed by atoms with Gasteiger partial charge in [-0.15, -0.1) is 0 Å². The van der Waals surface area contributed by atoms with Crippen molar-refractivity contribution in [2.45, 2.75) is 39.2 Å². The van der Waals surface area contributed by atoms with E-state index < -0.39 is 0 Å². The van der Waals surface area contributed by atoms with E-state index in [4.69, 9.17) is 0 Å². The maximum atomic E-state index is 12.7. The standard InChI is InChI=1S/C20H25N3O2/c1-14(2)13-18(24)23-11-8-16(9-12-23)22-20(25)17-7-3-5-15-6-4-10-21-19(15)17/h3-7,10,14,16H,8-9,11-13H2,1-2H3,(H,22,25). The lowest BCUT2D eigenvalue weighted by Gasteiger charge is -2.33. The zero-order valence-corrected chi connectivity index (χ0v) is 14.9. The minimum atomic E-state index is -0.0868. The summed E-state index contributed by atoms with van der Waals surface area (Å²) >= 11 is 0. The molecule has 0 saturated carbocycles. The van der Waals surface area contributed by atoms with Crippen molar-refractivity contribution >= 4 is 22.7 Å². The Morgan fingerprint density at radius 3 is 2.64 bits per heavy atom. The number of carbonyl (C=O) groups excluding carboxylic acids is 2. The van der Waals surface area contributed by atoms with Gasteiger partial charge in [-0.05, 0) is 30.9 Å². The van der Waals surface area contributed by atoms with Crippen LogP contribution in [0.2, 0.25) is 0 Å². The van der Waals surface area contributed by atoms with Crippen molar-refractivity contribution in [3.8, 4) is 0 Å². The lowest BCUT2D eigenvalue weighted by atomic mass is 10.0. The average Bonchev–Trinajstić information content (AvgIpc) is 2.61. The van der Waals surface area contributed by atoms with Gasteiger partial charge in [-0.1, -0.05) is 32.0 Å². The van der Waals surface area contributed by atoms with Gasteiger partial charge in [-0.25, -0.2) is 0 Å². The summed E-state index contributed by atoms with van der Waals surface area (Å²) in [5.74, 6) is 0.512. The largest absolute Gasteiger partial charge is 0.349 e. The summed E-state index contributed by atoms with van der Waals surface area (Å²) in [5.41, 5.74) is 1.34. The Balaban J connectivity index is 1.60. The number of fused-ring (bicyclic) bond motifs is 1. The van der Waals surface area contributed by atoms with E-state index in [9.17, 15) is 9.59 Å². The van der Waals surface area contributed by atoms with Crippen LogP contribution in [0.4, 0.5) is 0 Å². The number of amides is 2. The number of benzene rings is 1. The van der Waals surface area contributed by atoms with Crippen LogP contribution in [-0.2, 0) is 4.79 Å². The van der Waals surface area contributed by atoms with Crippen molar-refractivity contribution in [2.24, 2.45) is 5.92 Å². The number of hydrogen-bond acceptors (Lipinski definition) is 3. The van der Waals surface area contributed by atoms with E-state index in [1.54, 1.807) is 6.20 Å². The number of pyridine rings is 1. The molecule has 1 aliphatic heterocycles. The van der Waals surface area contributed by atoms with Crippen molar-refractivity contribution in [3.63, 3.8) is 0 Å². The number of aromatic nitrogens is 1. The molecule has 1 fully saturated rings. The van der Waals surface area contributed by atoms with Gasteiger partial charge >= 0.3 is 0 Å². The van der Waals surface area contributed by atoms with E-state index in [1.165, 1.54) is 0 Å². The molecule has 5 nitrogen and oxygen atoms in total. The normalized spacial score (nSPS) is 15.6. The number of carbonyl (C=O) groups is 2. The molecule has 0 radical (unpaired) electrons. The van der Waals surface area contributed by atoms with E-state index >= 15 is 0 Å². The highest BCUT2D eigenvalue weighted by molar-refractivity contribution is 6.05. The molecule has 2 amide bonds. The van der Waals surface area contributed by atoms with Gasteiger partial charge in [-0.3, -0.25) is 14.6 Å². The first-order valence-corrected chi connectivity index (χ1v) is 8.97. The molecule has 1 saturated heterocycles. The van der Waals surface area contributed by atoms with Crippen LogP contribution in [0.15, 0.2) is 36.5 Å². The molecular formula is C20H25N3O2. The molecule has 0 unspecified atom stereocenters. The number of para-hydroxylation sites is 1. The Kier molecular flexibility index (Phi) is 5.31. The lowest BCUT2D eigenvalue weighted by Crippen LogP contribution is -2.46. The van der Waals surface area contributed by atoms with Crippen LogP contribution in [0.3, 0.4) is 0 Å². The molecule has 0 spiro atoms. The molecule has 1 N–H and O–H groups in total. The van der Waals surface area contributed by atoms with Gasteiger partial charge in [0.1, 0.15) is 0 Å². The third kappa shape index (κ3) is 4.16. The monoisotopic (exact) mass is 339 g/mol. The van der Waals surface area contributed by atoms with E-state index in [2.05, 4.69) is 24.1 Å². The van der Waals surface area contributed by atoms with Crippen LogP contribution in [0.1, 0.15) is 43.5 Å². The SMILES string of the molecule is CC(C)CC(=O)N1CCC(NC(=O)c2cccc3cccnc23)CC1. The molecule has 25 heavy (non-hydrogen) atoms. The van der Waals surface area contributed by atoms with Gasteiger partial charge in [0.2, 0.25) is 5.91 Å². The predicted molar refractivity (Wildman–Crippen MR) is 98.3 cm³/mol. The molecule has 2 aromatic rings. The third-order valence-corrected chi connectivity index (χ3v) is 4.64. The Labute approximate surface area is 148 Å². The summed E-state index contributed by atoms with van der Waals surface area (Å²) in [6.45, 7) is 5.54.